The molecule has 2 aliphatic carbocycles. The Hall–Kier alpha value is -3.35. The monoisotopic (exact) mass is 541 g/mol. The maximum absolute atomic E-state index is 13.7. The molecule has 6 atom stereocenters. The van der Waals surface area contributed by atoms with Gasteiger partial charge in [-0.3, -0.25) is 14.4 Å². The zero-order chi connectivity index (χ0) is 28.2. The number of phenolic OH excluding ortho intramolecular Hbond substituents is 2. The first-order chi connectivity index (χ1) is 18.6. The third kappa shape index (κ3) is 4.30. The molecule has 1 fully saturated rings. The number of aliphatic hydroxyl groups excluding tert-OH is 2. The number of fused-ring (bicyclic) bond motifs is 3. The van der Waals surface area contributed by atoms with Crippen LogP contribution in [0.1, 0.15) is 68.8 Å². The van der Waals surface area contributed by atoms with Crippen LogP contribution in [0.2, 0.25) is 0 Å². The summed E-state index contributed by atoms with van der Waals surface area (Å²) in [7, 11) is 3.05. The van der Waals surface area contributed by atoms with Gasteiger partial charge in [0, 0.05) is 35.1 Å². The molecule has 2 aromatic carbocycles. The van der Waals surface area contributed by atoms with Crippen LogP contribution in [0.5, 0.6) is 17.2 Å². The van der Waals surface area contributed by atoms with Gasteiger partial charge >= 0.3 is 0 Å². The van der Waals surface area contributed by atoms with Crippen LogP contribution in [0.4, 0.5) is 0 Å². The number of ketones is 3. The molecule has 5 rings (SSSR count). The highest BCUT2D eigenvalue weighted by molar-refractivity contribution is 6.31. The maximum atomic E-state index is 13.7. The summed E-state index contributed by atoms with van der Waals surface area (Å²) < 4.78 is 17.4. The molecule has 1 saturated heterocycles. The zero-order valence-electron chi connectivity index (χ0n) is 21.8. The highest BCUT2D eigenvalue weighted by Gasteiger charge is 2.45. The molecular formula is C28H31NO10. The number of nitrogens with one attached hydrogen (secondary N) is 1. The van der Waals surface area contributed by atoms with Crippen LogP contribution in [0, 0.1) is 5.92 Å². The number of methoxy groups -OCH3 is 1. The number of ether oxygens (including phenoxy) is 3. The Bertz CT molecular complexity index is 1350. The van der Waals surface area contributed by atoms with E-state index in [1.165, 1.54) is 19.2 Å². The molecule has 0 radical (unpaired) electrons. The lowest BCUT2D eigenvalue weighted by Gasteiger charge is -2.41. The highest BCUT2D eigenvalue weighted by atomic mass is 16.7. The molecule has 0 spiro atoms. The minimum absolute atomic E-state index is 0.0225. The summed E-state index contributed by atoms with van der Waals surface area (Å²) in [5.74, 6) is -3.54. The van der Waals surface area contributed by atoms with Gasteiger partial charge in [-0.15, -0.1) is 0 Å². The number of Topliss-reactive ketones (excluding diaryl/α,β-unsaturated/α-hetero) is 1. The van der Waals surface area contributed by atoms with Crippen molar-refractivity contribution in [3.63, 3.8) is 0 Å². The SMILES string of the molecule is CN[C@H]1C[C@H](O[C@H]2C[C@H](C(=O)CO)Cc3c(O)c4c(c(O)c32)C(=O)c2c(OC)cccc2C4=O)O[C@@H](C)[C@@H]1O. The first-order valence-electron chi connectivity index (χ1n) is 12.8. The van der Waals surface area contributed by atoms with Crippen LogP contribution in [-0.4, -0.2) is 83.1 Å². The highest BCUT2D eigenvalue weighted by Crippen LogP contribution is 2.51. The fourth-order valence-corrected chi connectivity index (χ4v) is 5.99. The Balaban J connectivity index is 1.64. The number of hydrogen-bond acceptors (Lipinski definition) is 11. The number of hydrogen-bond donors (Lipinski definition) is 5. The predicted molar refractivity (Wildman–Crippen MR) is 135 cm³/mol. The summed E-state index contributed by atoms with van der Waals surface area (Å²) in [6.07, 6.45) is -3.08. The van der Waals surface area contributed by atoms with Crippen molar-refractivity contribution in [3.05, 3.63) is 51.6 Å². The van der Waals surface area contributed by atoms with Crippen molar-refractivity contribution in [1.29, 1.82) is 0 Å². The molecule has 0 saturated carbocycles. The number of benzene rings is 2. The molecule has 3 aliphatic rings. The van der Waals surface area contributed by atoms with Crippen LogP contribution in [0.25, 0.3) is 0 Å². The molecule has 11 heteroatoms. The molecule has 5 N–H and O–H groups in total. The lowest BCUT2D eigenvalue weighted by Crippen LogP contribution is -2.53. The second kappa shape index (κ2) is 10.3. The van der Waals surface area contributed by atoms with Gasteiger partial charge in [-0.05, 0) is 32.9 Å². The van der Waals surface area contributed by atoms with E-state index in [4.69, 9.17) is 14.2 Å². The Morgan fingerprint density at radius 2 is 1.82 bits per heavy atom. The second-order valence-electron chi connectivity index (χ2n) is 10.2. The topological polar surface area (TPSA) is 172 Å². The molecule has 39 heavy (non-hydrogen) atoms. The summed E-state index contributed by atoms with van der Waals surface area (Å²) in [6.45, 7) is 0.951. The Morgan fingerprint density at radius 1 is 1.10 bits per heavy atom. The summed E-state index contributed by atoms with van der Waals surface area (Å²) in [4.78, 5) is 39.8. The Labute approximate surface area is 224 Å². The summed E-state index contributed by atoms with van der Waals surface area (Å²) in [6, 6.07) is 4.15. The molecule has 1 heterocycles. The normalized spacial score (nSPS) is 27.9. The fourth-order valence-electron chi connectivity index (χ4n) is 5.99. The molecule has 2 aromatic rings. The van der Waals surface area contributed by atoms with Crippen molar-refractivity contribution in [2.45, 2.75) is 56.8 Å². The van der Waals surface area contributed by atoms with Crippen LogP contribution in [0.3, 0.4) is 0 Å². The van der Waals surface area contributed by atoms with Crippen LogP contribution < -0.4 is 10.1 Å². The number of likely N-dealkylation sites (N-methyl/N-ethyl adjacent to an activating group) is 1. The minimum Gasteiger partial charge on any atom is -0.507 e. The Kier molecular flexibility index (Phi) is 7.21. The maximum Gasteiger partial charge on any atom is 0.202 e. The van der Waals surface area contributed by atoms with Crippen molar-refractivity contribution in [2.24, 2.45) is 5.92 Å². The predicted octanol–water partition coefficient (Wildman–Crippen LogP) is 1.15. The first-order valence-corrected chi connectivity index (χ1v) is 12.8. The van der Waals surface area contributed by atoms with E-state index in [0.717, 1.165) is 0 Å². The van der Waals surface area contributed by atoms with Crippen LogP contribution in [-0.2, 0) is 20.7 Å². The van der Waals surface area contributed by atoms with E-state index in [0.29, 0.717) is 0 Å². The molecule has 0 bridgehead atoms. The lowest BCUT2D eigenvalue weighted by molar-refractivity contribution is -0.245. The van der Waals surface area contributed by atoms with Crippen molar-refractivity contribution < 1.29 is 49.0 Å². The molecule has 208 valence electrons. The van der Waals surface area contributed by atoms with Gasteiger partial charge in [0.25, 0.3) is 0 Å². The van der Waals surface area contributed by atoms with Gasteiger partial charge in [0.05, 0.1) is 42.1 Å². The summed E-state index contributed by atoms with van der Waals surface area (Å²) in [5, 5.41) is 45.9. The van der Waals surface area contributed by atoms with E-state index < -0.39 is 66.0 Å². The van der Waals surface area contributed by atoms with E-state index >= 15 is 0 Å². The number of carbonyl (C=O) groups excluding carboxylic acids is 3. The number of aromatic hydroxyl groups is 2. The quantitative estimate of drug-likeness (QED) is 0.283. The molecule has 0 unspecified atom stereocenters. The molecule has 0 aromatic heterocycles. The van der Waals surface area contributed by atoms with Gasteiger partial charge in [-0.2, -0.15) is 0 Å². The van der Waals surface area contributed by atoms with E-state index in [-0.39, 0.29) is 64.4 Å². The molecule has 11 nitrogen and oxygen atoms in total. The third-order valence-corrected chi connectivity index (χ3v) is 8.04. The van der Waals surface area contributed by atoms with E-state index in [1.54, 1.807) is 20.0 Å². The smallest absolute Gasteiger partial charge is 0.202 e. The second-order valence-corrected chi connectivity index (χ2v) is 10.2. The first kappa shape index (κ1) is 27.2. The van der Waals surface area contributed by atoms with Crippen molar-refractivity contribution in [2.75, 3.05) is 20.8 Å². The van der Waals surface area contributed by atoms with E-state index in [2.05, 4.69) is 5.32 Å². The van der Waals surface area contributed by atoms with Crippen molar-refractivity contribution in [3.8, 4) is 17.2 Å². The lowest BCUT2D eigenvalue weighted by atomic mass is 9.73. The summed E-state index contributed by atoms with van der Waals surface area (Å²) in [5.41, 5.74) is -0.547. The molecule has 1 aliphatic heterocycles. The van der Waals surface area contributed by atoms with Crippen molar-refractivity contribution >= 4 is 17.3 Å². The van der Waals surface area contributed by atoms with Gasteiger partial charge < -0.3 is 40.0 Å². The number of aliphatic hydroxyl groups is 2. The number of rotatable bonds is 6. The zero-order valence-corrected chi connectivity index (χ0v) is 21.8. The van der Waals surface area contributed by atoms with Crippen LogP contribution >= 0.6 is 0 Å². The van der Waals surface area contributed by atoms with Gasteiger partial charge in [0.1, 0.15) is 23.9 Å². The Morgan fingerprint density at radius 3 is 2.49 bits per heavy atom. The molecular weight excluding hydrogens is 510 g/mol. The largest absolute Gasteiger partial charge is 0.507 e. The molecule has 0 amide bonds. The van der Waals surface area contributed by atoms with E-state index in [1.807, 2.05) is 0 Å². The minimum atomic E-state index is -1.03. The average molecular weight is 542 g/mol. The third-order valence-electron chi connectivity index (χ3n) is 8.04. The van der Waals surface area contributed by atoms with E-state index in [9.17, 15) is 34.8 Å². The number of phenols is 2. The van der Waals surface area contributed by atoms with Gasteiger partial charge in [-0.1, -0.05) is 12.1 Å². The summed E-state index contributed by atoms with van der Waals surface area (Å²) >= 11 is 0. The van der Waals surface area contributed by atoms with Gasteiger partial charge in [-0.25, -0.2) is 0 Å². The van der Waals surface area contributed by atoms with Gasteiger partial charge in [0.2, 0.25) is 5.78 Å². The fraction of sp³-hybridized carbons (Fsp3) is 0.464. The van der Waals surface area contributed by atoms with Crippen molar-refractivity contribution in [1.82, 2.24) is 5.32 Å². The standard InChI is InChI=1S/C28H31NO10/c1-11-24(32)15(29-2)9-19(38-11)39-18-8-12(16(31)10-30)7-14-21(18)28(36)23-22(26(14)34)25(33)13-5-4-6-17(37-3)20(13)27(23)35/h4-6,11-12,15,18-19,24,29-30,32,34,36H,7-10H2,1-3H3/t11-,12+,15-,18-,19-,24-/m0/s1. The number of carbonyl (C=O) groups is 3. The van der Waals surface area contributed by atoms with Gasteiger partial charge in [0.15, 0.2) is 17.9 Å². The van der Waals surface area contributed by atoms with Crippen LogP contribution in [0.15, 0.2) is 18.2 Å². The average Bonchev–Trinajstić information content (AvgIpc) is 2.94.